The van der Waals surface area contributed by atoms with E-state index in [2.05, 4.69) is 23.9 Å². The summed E-state index contributed by atoms with van der Waals surface area (Å²) in [5, 5.41) is 10.2. The highest BCUT2D eigenvalue weighted by molar-refractivity contribution is 8.01. The number of aliphatic carboxylic acids is 1. The highest BCUT2D eigenvalue weighted by Gasteiger charge is 2.46. The van der Waals surface area contributed by atoms with Crippen LogP contribution in [0.3, 0.4) is 0 Å². The van der Waals surface area contributed by atoms with Gasteiger partial charge >= 0.3 is 5.97 Å². The molecule has 2 aliphatic heterocycles. The first kappa shape index (κ1) is 13.9. The molecule has 0 aromatic carbocycles. The topological polar surface area (TPSA) is 63.3 Å². The van der Waals surface area contributed by atoms with Gasteiger partial charge in [-0.3, -0.25) is 4.79 Å². The SMILES string of the molecule is NC[C@H]1[C@@H](C/C=C\CCCC(=O)O)[C@H]2CC[C@@H]1S2. The van der Waals surface area contributed by atoms with Crippen LogP contribution in [0.15, 0.2) is 12.2 Å². The van der Waals surface area contributed by atoms with Crippen LogP contribution in [-0.2, 0) is 4.79 Å². The van der Waals surface area contributed by atoms with Gasteiger partial charge in [0.2, 0.25) is 0 Å². The monoisotopic (exact) mass is 269 g/mol. The van der Waals surface area contributed by atoms with Gasteiger partial charge in [-0.15, -0.1) is 0 Å². The minimum absolute atomic E-state index is 0.278. The summed E-state index contributed by atoms with van der Waals surface area (Å²) in [4.78, 5) is 10.4. The summed E-state index contributed by atoms with van der Waals surface area (Å²) in [7, 11) is 0. The van der Waals surface area contributed by atoms with Crippen molar-refractivity contribution in [1.29, 1.82) is 0 Å². The van der Waals surface area contributed by atoms with Gasteiger partial charge in [0.05, 0.1) is 0 Å². The molecule has 3 N–H and O–H groups in total. The molecule has 2 aliphatic rings. The number of carboxylic acid groups (broad SMARTS) is 1. The molecule has 2 saturated heterocycles. The van der Waals surface area contributed by atoms with Crippen LogP contribution in [0.1, 0.15) is 38.5 Å². The molecule has 0 spiro atoms. The number of thioether (sulfide) groups is 1. The molecule has 3 nitrogen and oxygen atoms in total. The minimum atomic E-state index is -0.698. The van der Waals surface area contributed by atoms with Crippen LogP contribution in [-0.4, -0.2) is 28.1 Å². The Bertz CT molecular complexity index is 319. The van der Waals surface area contributed by atoms with E-state index in [4.69, 9.17) is 10.8 Å². The molecule has 18 heavy (non-hydrogen) atoms. The number of fused-ring (bicyclic) bond motifs is 2. The molecule has 4 atom stereocenters. The number of allylic oxidation sites excluding steroid dienone is 2. The average molecular weight is 269 g/mol. The van der Waals surface area contributed by atoms with E-state index in [9.17, 15) is 4.79 Å². The Balaban J connectivity index is 1.69. The molecule has 0 amide bonds. The first-order chi connectivity index (χ1) is 8.72. The normalized spacial score (nSPS) is 34.5. The summed E-state index contributed by atoms with van der Waals surface area (Å²) in [6, 6.07) is 0. The van der Waals surface area contributed by atoms with Crippen molar-refractivity contribution in [3.63, 3.8) is 0 Å². The first-order valence-electron chi connectivity index (χ1n) is 6.94. The quantitative estimate of drug-likeness (QED) is 0.551. The fourth-order valence-electron chi connectivity index (χ4n) is 3.27. The summed E-state index contributed by atoms with van der Waals surface area (Å²) < 4.78 is 0. The maximum absolute atomic E-state index is 10.4. The second-order valence-corrected chi connectivity index (χ2v) is 6.83. The van der Waals surface area contributed by atoms with Gasteiger partial charge in [0.25, 0.3) is 0 Å². The number of hydrogen-bond donors (Lipinski definition) is 2. The van der Waals surface area contributed by atoms with E-state index in [0.29, 0.717) is 5.92 Å². The second-order valence-electron chi connectivity index (χ2n) is 5.35. The molecule has 0 aromatic rings. The molecule has 2 bridgehead atoms. The fraction of sp³-hybridized carbons (Fsp3) is 0.786. The highest BCUT2D eigenvalue weighted by Crippen LogP contribution is 2.53. The minimum Gasteiger partial charge on any atom is -0.481 e. The summed E-state index contributed by atoms with van der Waals surface area (Å²) >= 11 is 2.15. The van der Waals surface area contributed by atoms with Crippen LogP contribution < -0.4 is 5.73 Å². The van der Waals surface area contributed by atoms with Crippen molar-refractivity contribution < 1.29 is 9.90 Å². The van der Waals surface area contributed by atoms with Gasteiger partial charge in [-0.1, -0.05) is 12.2 Å². The van der Waals surface area contributed by atoms with Gasteiger partial charge < -0.3 is 10.8 Å². The Morgan fingerprint density at radius 1 is 1.28 bits per heavy atom. The predicted molar refractivity (Wildman–Crippen MR) is 75.7 cm³/mol. The zero-order chi connectivity index (χ0) is 13.0. The second kappa shape index (κ2) is 6.62. The van der Waals surface area contributed by atoms with Crippen molar-refractivity contribution >= 4 is 17.7 Å². The van der Waals surface area contributed by atoms with Gasteiger partial charge in [-0.2, -0.15) is 11.8 Å². The first-order valence-corrected chi connectivity index (χ1v) is 7.89. The smallest absolute Gasteiger partial charge is 0.303 e. The van der Waals surface area contributed by atoms with Gasteiger partial charge in [0, 0.05) is 16.9 Å². The molecule has 0 saturated carbocycles. The summed E-state index contributed by atoms with van der Waals surface area (Å²) in [6.45, 7) is 0.825. The van der Waals surface area contributed by atoms with Crippen LogP contribution in [0.4, 0.5) is 0 Å². The van der Waals surface area contributed by atoms with Gasteiger partial charge in [0.15, 0.2) is 0 Å². The van der Waals surface area contributed by atoms with Crippen molar-refractivity contribution in [2.24, 2.45) is 17.6 Å². The van der Waals surface area contributed by atoms with Crippen LogP contribution in [0.5, 0.6) is 0 Å². The molecule has 0 aliphatic carbocycles. The fourth-order valence-corrected chi connectivity index (χ4v) is 5.29. The predicted octanol–water partition coefficient (Wildman–Crippen LogP) is 2.66. The number of carboxylic acids is 1. The lowest BCUT2D eigenvalue weighted by Crippen LogP contribution is -2.32. The third-order valence-corrected chi connectivity index (χ3v) is 6.07. The molecule has 0 aromatic heterocycles. The maximum Gasteiger partial charge on any atom is 0.303 e. The van der Waals surface area contributed by atoms with E-state index in [1.165, 1.54) is 12.8 Å². The highest BCUT2D eigenvalue weighted by atomic mass is 32.2. The van der Waals surface area contributed by atoms with Crippen LogP contribution in [0, 0.1) is 11.8 Å². The Hall–Kier alpha value is -0.480. The molecule has 0 radical (unpaired) electrons. The lowest BCUT2D eigenvalue weighted by Gasteiger charge is -2.27. The van der Waals surface area contributed by atoms with Gasteiger partial charge in [0.1, 0.15) is 0 Å². The van der Waals surface area contributed by atoms with Crippen LogP contribution >= 0.6 is 11.8 Å². The van der Waals surface area contributed by atoms with Crippen LogP contribution in [0.2, 0.25) is 0 Å². The zero-order valence-corrected chi connectivity index (χ0v) is 11.6. The summed E-state index contributed by atoms with van der Waals surface area (Å²) in [5.41, 5.74) is 5.89. The molecule has 2 heterocycles. The number of nitrogens with two attached hydrogens (primary N) is 1. The molecular formula is C14H23NO2S. The van der Waals surface area contributed by atoms with Crippen molar-refractivity contribution in [3.8, 4) is 0 Å². The molecule has 2 rings (SSSR count). The van der Waals surface area contributed by atoms with Crippen LogP contribution in [0.25, 0.3) is 0 Å². The molecule has 0 unspecified atom stereocenters. The molecular weight excluding hydrogens is 246 g/mol. The average Bonchev–Trinajstić information content (AvgIpc) is 2.93. The van der Waals surface area contributed by atoms with Crippen molar-refractivity contribution in [3.05, 3.63) is 12.2 Å². The lowest BCUT2D eigenvalue weighted by molar-refractivity contribution is -0.137. The number of rotatable bonds is 7. The Morgan fingerprint density at radius 2 is 2.00 bits per heavy atom. The summed E-state index contributed by atoms with van der Waals surface area (Å²) in [5.74, 6) is 0.767. The van der Waals surface area contributed by atoms with E-state index in [-0.39, 0.29) is 6.42 Å². The number of hydrogen-bond acceptors (Lipinski definition) is 3. The van der Waals surface area contributed by atoms with E-state index in [1.54, 1.807) is 0 Å². The number of carbonyl (C=O) groups is 1. The maximum atomic E-state index is 10.4. The molecule has 2 fully saturated rings. The van der Waals surface area contributed by atoms with Crippen molar-refractivity contribution in [2.45, 2.75) is 49.0 Å². The van der Waals surface area contributed by atoms with Crippen molar-refractivity contribution in [2.75, 3.05) is 6.54 Å². The van der Waals surface area contributed by atoms with E-state index in [1.807, 2.05) is 0 Å². The van der Waals surface area contributed by atoms with E-state index in [0.717, 1.165) is 42.2 Å². The Labute approximate surface area is 113 Å². The lowest BCUT2D eigenvalue weighted by atomic mass is 9.77. The third-order valence-electron chi connectivity index (χ3n) is 4.20. The number of unbranched alkanes of at least 4 members (excludes halogenated alkanes) is 1. The summed E-state index contributed by atoms with van der Waals surface area (Å²) in [6.07, 6.45) is 10.1. The third kappa shape index (κ3) is 3.29. The largest absolute Gasteiger partial charge is 0.481 e. The van der Waals surface area contributed by atoms with Gasteiger partial charge in [-0.05, 0) is 50.5 Å². The van der Waals surface area contributed by atoms with Crippen molar-refractivity contribution in [1.82, 2.24) is 0 Å². The van der Waals surface area contributed by atoms with Gasteiger partial charge in [-0.25, -0.2) is 0 Å². The molecule has 4 heteroatoms. The Morgan fingerprint density at radius 3 is 2.67 bits per heavy atom. The van der Waals surface area contributed by atoms with E-state index < -0.39 is 5.97 Å². The Kier molecular flexibility index (Phi) is 5.13. The zero-order valence-electron chi connectivity index (χ0n) is 10.8. The molecule has 102 valence electrons. The van der Waals surface area contributed by atoms with E-state index >= 15 is 0 Å². The standard InChI is InChI=1S/C14H23NO2S/c15-9-11-10(12-7-8-13(11)18-12)5-3-1-2-4-6-14(16)17/h1,3,10-13H,2,4-9,15H2,(H,16,17)/b3-1-/t10-,11+,12-,13+/m1/s1.